The van der Waals surface area contributed by atoms with Gasteiger partial charge in [-0.05, 0) is 36.3 Å². The first-order chi connectivity index (χ1) is 13.5. The minimum Gasteiger partial charge on any atom is -0.455 e. The number of hydrogen-bond acceptors (Lipinski definition) is 5. The molecule has 2 unspecified atom stereocenters. The molecule has 2 atom stereocenters. The number of aryl methyl sites for hydroxylation is 1. The van der Waals surface area contributed by atoms with Crippen LogP contribution in [-0.4, -0.2) is 18.5 Å². The molecule has 3 rings (SSSR count). The average molecular weight is 397 g/mol. The lowest BCUT2D eigenvalue weighted by atomic mass is 9.86. The maximum absolute atomic E-state index is 12.7. The number of nitrogens with zero attached hydrogens (tertiary/aromatic N) is 1. The van der Waals surface area contributed by atoms with Crippen molar-refractivity contribution in [1.29, 1.82) is 5.26 Å². The highest BCUT2D eigenvalue weighted by atomic mass is 32.1. The summed E-state index contributed by atoms with van der Waals surface area (Å²) in [7, 11) is 0. The lowest BCUT2D eigenvalue weighted by Crippen LogP contribution is -2.26. The molecule has 146 valence electrons. The third-order valence-corrected chi connectivity index (χ3v) is 6.46. The Balaban J connectivity index is 1.64. The van der Waals surface area contributed by atoms with Crippen molar-refractivity contribution in [3.63, 3.8) is 0 Å². The van der Waals surface area contributed by atoms with E-state index in [9.17, 15) is 14.9 Å². The highest BCUT2D eigenvalue weighted by Crippen LogP contribution is 2.38. The fraction of sp³-hybridized carbons (Fsp3) is 0.409. The van der Waals surface area contributed by atoms with Gasteiger partial charge in [-0.3, -0.25) is 9.59 Å². The predicted molar refractivity (Wildman–Crippen MR) is 109 cm³/mol. The number of anilines is 1. The largest absolute Gasteiger partial charge is 0.455 e. The van der Waals surface area contributed by atoms with Gasteiger partial charge in [0.15, 0.2) is 6.61 Å². The van der Waals surface area contributed by atoms with Gasteiger partial charge >= 0.3 is 5.97 Å². The van der Waals surface area contributed by atoms with E-state index in [1.165, 1.54) is 16.2 Å². The van der Waals surface area contributed by atoms with Gasteiger partial charge in [-0.25, -0.2) is 0 Å². The summed E-state index contributed by atoms with van der Waals surface area (Å²) < 4.78 is 5.34. The normalized spacial score (nSPS) is 14.6. The van der Waals surface area contributed by atoms with Gasteiger partial charge in [0.1, 0.15) is 11.1 Å². The van der Waals surface area contributed by atoms with Crippen molar-refractivity contribution in [2.75, 3.05) is 11.9 Å². The highest BCUT2D eigenvalue weighted by molar-refractivity contribution is 7.16. The van der Waals surface area contributed by atoms with Gasteiger partial charge in [-0.2, -0.15) is 5.26 Å². The lowest BCUT2D eigenvalue weighted by Gasteiger charge is -2.21. The van der Waals surface area contributed by atoms with E-state index < -0.39 is 17.8 Å². The van der Waals surface area contributed by atoms with Crippen LogP contribution in [0.25, 0.3) is 0 Å². The van der Waals surface area contributed by atoms with Crippen LogP contribution in [0.3, 0.4) is 0 Å². The summed E-state index contributed by atoms with van der Waals surface area (Å²) in [6.45, 7) is 3.68. The zero-order valence-electron chi connectivity index (χ0n) is 16.2. The minimum atomic E-state index is -0.416. The van der Waals surface area contributed by atoms with Crippen LogP contribution in [0.15, 0.2) is 30.3 Å². The van der Waals surface area contributed by atoms with Crippen molar-refractivity contribution in [3.05, 3.63) is 51.9 Å². The predicted octanol–water partition coefficient (Wildman–Crippen LogP) is 4.42. The molecule has 0 bridgehead atoms. The van der Waals surface area contributed by atoms with Crippen LogP contribution in [0.2, 0.25) is 0 Å². The number of amides is 1. The summed E-state index contributed by atoms with van der Waals surface area (Å²) in [5.41, 5.74) is 2.50. The molecule has 0 saturated carbocycles. The summed E-state index contributed by atoms with van der Waals surface area (Å²) in [6.07, 6.45) is 3.71. The number of thiophene rings is 1. The van der Waals surface area contributed by atoms with Crippen LogP contribution >= 0.6 is 11.3 Å². The van der Waals surface area contributed by atoms with Crippen molar-refractivity contribution in [1.82, 2.24) is 0 Å². The second-order valence-electron chi connectivity index (χ2n) is 7.10. The fourth-order valence-corrected chi connectivity index (χ4v) is 4.85. The van der Waals surface area contributed by atoms with E-state index in [0.717, 1.165) is 36.8 Å². The van der Waals surface area contributed by atoms with Gasteiger partial charge in [0.2, 0.25) is 0 Å². The molecule has 1 N–H and O–H groups in total. The number of benzene rings is 1. The Bertz CT molecular complexity index is 898. The van der Waals surface area contributed by atoms with Crippen LogP contribution in [0, 0.1) is 17.2 Å². The summed E-state index contributed by atoms with van der Waals surface area (Å²) in [5, 5.41) is 12.7. The molecule has 0 saturated heterocycles. The molecular formula is C22H24N2O3S. The molecule has 0 aliphatic heterocycles. The maximum atomic E-state index is 12.7. The molecule has 1 aromatic heterocycles. The van der Waals surface area contributed by atoms with E-state index in [1.807, 2.05) is 44.2 Å². The van der Waals surface area contributed by atoms with E-state index in [1.54, 1.807) is 0 Å². The topological polar surface area (TPSA) is 79.2 Å². The van der Waals surface area contributed by atoms with Crippen molar-refractivity contribution >= 4 is 28.2 Å². The number of ether oxygens (including phenoxy) is 1. The maximum Gasteiger partial charge on any atom is 0.314 e. The molecule has 1 aliphatic rings. The Kier molecular flexibility index (Phi) is 6.48. The molecule has 1 amide bonds. The molecule has 2 aromatic rings. The van der Waals surface area contributed by atoms with Gasteiger partial charge in [0, 0.05) is 4.88 Å². The van der Waals surface area contributed by atoms with E-state index >= 15 is 0 Å². The monoisotopic (exact) mass is 396 g/mol. The van der Waals surface area contributed by atoms with Crippen LogP contribution in [0.5, 0.6) is 0 Å². The number of hydrogen-bond donors (Lipinski definition) is 1. The Morgan fingerprint density at radius 1 is 1.29 bits per heavy atom. The third-order valence-electron chi connectivity index (χ3n) is 5.26. The average Bonchev–Trinajstić information content (AvgIpc) is 3.27. The van der Waals surface area contributed by atoms with Gasteiger partial charge in [0.25, 0.3) is 5.91 Å². The first-order valence-corrected chi connectivity index (χ1v) is 10.4. The first-order valence-electron chi connectivity index (χ1n) is 9.61. The van der Waals surface area contributed by atoms with E-state index in [4.69, 9.17) is 4.74 Å². The minimum absolute atomic E-state index is 0.100. The van der Waals surface area contributed by atoms with Crippen LogP contribution < -0.4 is 5.32 Å². The molecule has 0 spiro atoms. The Hall–Kier alpha value is -2.65. The van der Waals surface area contributed by atoms with Crippen molar-refractivity contribution < 1.29 is 14.3 Å². The second kappa shape index (κ2) is 9.03. The SMILES string of the molecule is CCC(C)C(C(=O)OCC(=O)Nc1sc2c(c1C#N)CCC2)c1ccccc1. The van der Waals surface area contributed by atoms with Gasteiger partial charge in [-0.15, -0.1) is 11.3 Å². The van der Waals surface area contributed by atoms with Crippen molar-refractivity contribution in [2.24, 2.45) is 5.92 Å². The molecule has 0 fully saturated rings. The van der Waals surface area contributed by atoms with E-state index in [-0.39, 0.29) is 12.5 Å². The highest BCUT2D eigenvalue weighted by Gasteiger charge is 2.28. The zero-order valence-corrected chi connectivity index (χ0v) is 17.0. The summed E-state index contributed by atoms with van der Waals surface area (Å²) >= 11 is 1.45. The Morgan fingerprint density at radius 2 is 2.04 bits per heavy atom. The number of esters is 1. The lowest BCUT2D eigenvalue weighted by molar-refractivity contribution is -0.150. The molecule has 0 radical (unpaired) electrons. The van der Waals surface area contributed by atoms with Gasteiger partial charge in [-0.1, -0.05) is 50.6 Å². The van der Waals surface area contributed by atoms with Gasteiger partial charge in [0.05, 0.1) is 11.5 Å². The molecule has 1 aliphatic carbocycles. The standard InChI is InChI=1S/C22H24N2O3S/c1-3-14(2)20(15-8-5-4-6-9-15)22(26)27-13-19(25)24-21-17(12-23)16-10-7-11-18(16)28-21/h4-6,8-9,14,20H,3,7,10-11,13H2,1-2H3,(H,24,25). The Labute approximate surface area is 169 Å². The number of fused-ring (bicyclic) bond motifs is 1. The first kappa shape index (κ1) is 20.1. The summed E-state index contributed by atoms with van der Waals surface area (Å²) in [5.74, 6) is -1.12. The smallest absolute Gasteiger partial charge is 0.314 e. The van der Waals surface area contributed by atoms with Crippen molar-refractivity contribution in [2.45, 2.75) is 45.4 Å². The summed E-state index contributed by atoms with van der Waals surface area (Å²) in [6, 6.07) is 11.7. The number of rotatable bonds is 7. The van der Waals surface area contributed by atoms with Crippen LogP contribution in [0.1, 0.15) is 54.2 Å². The van der Waals surface area contributed by atoms with Crippen LogP contribution in [0.4, 0.5) is 5.00 Å². The molecule has 6 heteroatoms. The number of nitrogens with one attached hydrogen (secondary N) is 1. The Morgan fingerprint density at radius 3 is 2.71 bits per heavy atom. The zero-order chi connectivity index (χ0) is 20.1. The molecule has 5 nitrogen and oxygen atoms in total. The van der Waals surface area contributed by atoms with Crippen LogP contribution in [-0.2, 0) is 27.2 Å². The molecular weight excluding hydrogens is 372 g/mol. The molecule has 1 aromatic carbocycles. The fourth-order valence-electron chi connectivity index (χ4n) is 3.59. The molecule has 1 heterocycles. The third kappa shape index (κ3) is 4.26. The summed E-state index contributed by atoms with van der Waals surface area (Å²) in [4.78, 5) is 26.2. The quantitative estimate of drug-likeness (QED) is 0.703. The number of nitriles is 1. The van der Waals surface area contributed by atoms with E-state index in [2.05, 4.69) is 11.4 Å². The number of carbonyl (C=O) groups is 2. The second-order valence-corrected chi connectivity index (χ2v) is 8.21. The number of carbonyl (C=O) groups excluding carboxylic acids is 2. The molecule has 28 heavy (non-hydrogen) atoms. The van der Waals surface area contributed by atoms with Gasteiger partial charge < -0.3 is 10.1 Å². The van der Waals surface area contributed by atoms with E-state index in [0.29, 0.717) is 10.6 Å². The van der Waals surface area contributed by atoms with Crippen molar-refractivity contribution in [3.8, 4) is 6.07 Å².